The molecule has 1 N–H and O–H groups in total. The topological polar surface area (TPSA) is 95.9 Å². The van der Waals surface area contributed by atoms with E-state index in [0.717, 1.165) is 6.42 Å². The number of ketones is 1. The van der Waals surface area contributed by atoms with Gasteiger partial charge in [-0.15, -0.1) is 4.40 Å². The zero-order valence-corrected chi connectivity index (χ0v) is 16.1. The van der Waals surface area contributed by atoms with Crippen LogP contribution < -0.4 is 5.32 Å². The Morgan fingerprint density at radius 3 is 2.71 bits per heavy atom. The van der Waals surface area contributed by atoms with Crippen LogP contribution in [0.5, 0.6) is 0 Å². The highest BCUT2D eigenvalue weighted by Gasteiger charge is 2.39. The summed E-state index contributed by atoms with van der Waals surface area (Å²) in [7, 11) is -3.74. The van der Waals surface area contributed by atoms with Crippen LogP contribution in [0.15, 0.2) is 57.8 Å². The molecule has 4 rings (SSSR count). The quantitative estimate of drug-likeness (QED) is 0.803. The molecule has 0 aliphatic carbocycles. The van der Waals surface area contributed by atoms with Gasteiger partial charge in [0.05, 0.1) is 0 Å². The van der Waals surface area contributed by atoms with Gasteiger partial charge in [-0.1, -0.05) is 24.3 Å². The maximum Gasteiger partial charge on any atom is 0.285 e. The molecule has 2 aliphatic heterocycles. The summed E-state index contributed by atoms with van der Waals surface area (Å²) in [6.07, 6.45) is 1.35. The number of Topliss-reactive ketones (excluding diaryl/α,β-unsaturated/α-hetero) is 1. The van der Waals surface area contributed by atoms with Crippen molar-refractivity contribution in [3.05, 3.63) is 59.7 Å². The zero-order chi connectivity index (χ0) is 19.9. The number of fused-ring (bicyclic) bond motifs is 1. The van der Waals surface area contributed by atoms with Crippen molar-refractivity contribution in [1.82, 2.24) is 4.90 Å². The Morgan fingerprint density at radius 1 is 1.14 bits per heavy atom. The van der Waals surface area contributed by atoms with E-state index in [-0.39, 0.29) is 16.6 Å². The Balaban J connectivity index is 1.60. The molecule has 0 radical (unpaired) electrons. The van der Waals surface area contributed by atoms with Gasteiger partial charge in [0.2, 0.25) is 5.91 Å². The third kappa shape index (κ3) is 3.20. The fraction of sp³-hybridized carbons (Fsp3) is 0.250. The fourth-order valence-corrected chi connectivity index (χ4v) is 4.85. The summed E-state index contributed by atoms with van der Waals surface area (Å²) in [5.74, 6) is -0.00543. The van der Waals surface area contributed by atoms with E-state index in [1.54, 1.807) is 47.4 Å². The van der Waals surface area contributed by atoms with Gasteiger partial charge in [0.1, 0.15) is 10.9 Å². The number of carbonyl (C=O) groups is 2. The van der Waals surface area contributed by atoms with Crippen LogP contribution in [-0.4, -0.2) is 43.4 Å². The summed E-state index contributed by atoms with van der Waals surface area (Å²) in [6, 6.07) is 12.9. The monoisotopic (exact) mass is 397 g/mol. The molecule has 0 saturated carbocycles. The minimum absolute atomic E-state index is 0.0827. The second-order valence-corrected chi connectivity index (χ2v) is 8.44. The van der Waals surface area contributed by atoms with Gasteiger partial charge in [-0.05, 0) is 44.0 Å². The maximum absolute atomic E-state index is 12.9. The molecule has 0 bridgehead atoms. The van der Waals surface area contributed by atoms with Crippen molar-refractivity contribution >= 4 is 33.2 Å². The first-order chi connectivity index (χ1) is 13.4. The molecule has 2 aliphatic rings. The predicted octanol–water partition coefficient (Wildman–Crippen LogP) is 2.44. The lowest BCUT2D eigenvalue weighted by Gasteiger charge is -2.25. The molecule has 0 unspecified atom stereocenters. The molecule has 28 heavy (non-hydrogen) atoms. The Labute approximate surface area is 163 Å². The van der Waals surface area contributed by atoms with E-state index in [2.05, 4.69) is 9.71 Å². The maximum atomic E-state index is 12.9. The van der Waals surface area contributed by atoms with Crippen LogP contribution in [0.4, 0.5) is 5.69 Å². The van der Waals surface area contributed by atoms with Crippen molar-refractivity contribution in [2.24, 2.45) is 4.40 Å². The highest BCUT2D eigenvalue weighted by molar-refractivity contribution is 7.90. The zero-order valence-electron chi connectivity index (χ0n) is 15.3. The van der Waals surface area contributed by atoms with Crippen molar-refractivity contribution in [3.63, 3.8) is 0 Å². The molecule has 144 valence electrons. The van der Waals surface area contributed by atoms with Crippen LogP contribution in [-0.2, 0) is 14.8 Å². The lowest BCUT2D eigenvalue weighted by atomic mass is 10.1. The normalized spacial score (nSPS) is 19.8. The summed E-state index contributed by atoms with van der Waals surface area (Å²) in [4.78, 5) is 26.4. The first kappa shape index (κ1) is 18.4. The molecule has 0 aromatic heterocycles. The van der Waals surface area contributed by atoms with Crippen LogP contribution in [0.1, 0.15) is 35.7 Å². The molecular weight excluding hydrogens is 378 g/mol. The van der Waals surface area contributed by atoms with E-state index >= 15 is 0 Å². The molecule has 1 amide bonds. The lowest BCUT2D eigenvalue weighted by molar-refractivity contribution is -0.119. The number of amidine groups is 1. The summed E-state index contributed by atoms with van der Waals surface area (Å²) in [5, 5.41) is 2.84. The van der Waals surface area contributed by atoms with Gasteiger partial charge in [-0.3, -0.25) is 9.59 Å². The smallest absolute Gasteiger partial charge is 0.285 e. The highest BCUT2D eigenvalue weighted by atomic mass is 32.2. The largest absolute Gasteiger partial charge is 0.343 e. The summed E-state index contributed by atoms with van der Waals surface area (Å²) >= 11 is 0. The number of benzene rings is 2. The fourth-order valence-electron chi connectivity index (χ4n) is 3.63. The van der Waals surface area contributed by atoms with Gasteiger partial charge < -0.3 is 10.2 Å². The third-order valence-corrected chi connectivity index (χ3v) is 6.30. The summed E-state index contributed by atoms with van der Waals surface area (Å²) < 4.78 is 28.6. The molecule has 2 aromatic rings. The predicted molar refractivity (Wildman–Crippen MR) is 105 cm³/mol. The van der Waals surface area contributed by atoms with Gasteiger partial charge in [-0.2, -0.15) is 8.42 Å². The Morgan fingerprint density at radius 2 is 1.93 bits per heavy atom. The number of anilines is 1. The molecule has 2 aromatic carbocycles. The molecule has 0 spiro atoms. The molecule has 8 heteroatoms. The molecular formula is C20H19N3O4S. The van der Waals surface area contributed by atoms with E-state index in [0.29, 0.717) is 35.6 Å². The molecule has 7 nitrogen and oxygen atoms in total. The molecule has 1 saturated heterocycles. The van der Waals surface area contributed by atoms with Crippen LogP contribution in [0, 0.1) is 0 Å². The van der Waals surface area contributed by atoms with E-state index in [1.807, 2.05) is 0 Å². The highest BCUT2D eigenvalue weighted by Crippen LogP contribution is 2.31. The standard InChI is InChI=1S/C20H19N3O4S/c1-13(24)14-6-4-7-15(12-14)21-20(25)17-9-5-11-23(17)19-16-8-2-3-10-18(16)28(26,27)22-19/h2-4,6-8,10,12,17H,5,9,11H2,1H3,(H,21,25)/t17-/m0/s1. The average molecular weight is 397 g/mol. The molecule has 2 heterocycles. The van der Waals surface area contributed by atoms with Crippen LogP contribution in [0.2, 0.25) is 0 Å². The second kappa shape index (κ2) is 6.87. The van der Waals surface area contributed by atoms with E-state index in [1.165, 1.54) is 13.0 Å². The van der Waals surface area contributed by atoms with Crippen molar-refractivity contribution in [3.8, 4) is 0 Å². The number of hydrogen-bond acceptors (Lipinski definition) is 5. The van der Waals surface area contributed by atoms with Crippen molar-refractivity contribution in [2.75, 3.05) is 11.9 Å². The van der Waals surface area contributed by atoms with Crippen molar-refractivity contribution < 1.29 is 18.0 Å². The number of likely N-dealkylation sites (tertiary alicyclic amines) is 1. The average Bonchev–Trinajstić information content (AvgIpc) is 3.25. The number of nitrogens with one attached hydrogen (secondary N) is 1. The third-order valence-electron chi connectivity index (χ3n) is 4.98. The van der Waals surface area contributed by atoms with E-state index in [4.69, 9.17) is 0 Å². The van der Waals surface area contributed by atoms with Gasteiger partial charge in [0.25, 0.3) is 10.0 Å². The number of carbonyl (C=O) groups excluding carboxylic acids is 2. The van der Waals surface area contributed by atoms with Gasteiger partial charge >= 0.3 is 0 Å². The number of hydrogen-bond donors (Lipinski definition) is 1. The van der Waals surface area contributed by atoms with Gasteiger partial charge in [-0.25, -0.2) is 0 Å². The number of sulfonamides is 1. The molecule has 1 fully saturated rings. The Hall–Kier alpha value is -3.00. The Bertz CT molecular complexity index is 1110. The van der Waals surface area contributed by atoms with Crippen LogP contribution >= 0.6 is 0 Å². The van der Waals surface area contributed by atoms with E-state index < -0.39 is 16.1 Å². The summed E-state index contributed by atoms with van der Waals surface area (Å²) in [6.45, 7) is 2.02. The lowest BCUT2D eigenvalue weighted by Crippen LogP contribution is -2.43. The van der Waals surface area contributed by atoms with E-state index in [9.17, 15) is 18.0 Å². The first-order valence-electron chi connectivity index (χ1n) is 9.00. The Kier molecular flexibility index (Phi) is 4.50. The minimum Gasteiger partial charge on any atom is -0.343 e. The number of rotatable bonds is 3. The van der Waals surface area contributed by atoms with Crippen molar-refractivity contribution in [1.29, 1.82) is 0 Å². The van der Waals surface area contributed by atoms with Gasteiger partial charge in [0.15, 0.2) is 11.6 Å². The van der Waals surface area contributed by atoms with Crippen molar-refractivity contribution in [2.45, 2.75) is 30.7 Å². The number of nitrogens with zero attached hydrogens (tertiary/aromatic N) is 2. The molecule has 1 atom stereocenters. The van der Waals surface area contributed by atoms with Crippen LogP contribution in [0.25, 0.3) is 0 Å². The van der Waals surface area contributed by atoms with Gasteiger partial charge in [0, 0.05) is 23.4 Å². The van der Waals surface area contributed by atoms with Crippen LogP contribution in [0.3, 0.4) is 0 Å². The number of amides is 1. The summed E-state index contributed by atoms with van der Waals surface area (Å²) in [5.41, 5.74) is 1.58. The second-order valence-electron chi connectivity index (χ2n) is 6.86. The minimum atomic E-state index is -3.74. The first-order valence-corrected chi connectivity index (χ1v) is 10.4. The SMILES string of the molecule is CC(=O)c1cccc(NC(=O)[C@@H]2CCCN2C2=NS(=O)(=O)c3ccccc32)c1.